The summed E-state index contributed by atoms with van der Waals surface area (Å²) in [6, 6.07) is 9.30. The van der Waals surface area contributed by atoms with Crippen molar-refractivity contribution in [2.75, 3.05) is 19.8 Å². The molecule has 1 aliphatic heterocycles. The minimum absolute atomic E-state index is 0.0525. The van der Waals surface area contributed by atoms with E-state index < -0.39 is 0 Å². The molecule has 1 aliphatic rings. The fraction of sp³-hybridized carbons (Fsp3) is 0.294. The second kappa shape index (κ2) is 6.07. The Hall–Kier alpha value is -1.91. The van der Waals surface area contributed by atoms with Crippen molar-refractivity contribution in [1.29, 1.82) is 0 Å². The number of carbonyl (C=O) groups excluding carboxylic acids is 1. The minimum atomic E-state index is -0.114. The molecule has 0 radical (unpaired) electrons. The average Bonchev–Trinajstić information content (AvgIpc) is 2.51. The molecule has 0 bridgehead atoms. The van der Waals surface area contributed by atoms with Gasteiger partial charge in [0.2, 0.25) is 0 Å². The summed E-state index contributed by atoms with van der Waals surface area (Å²) < 4.78 is 5.19. The molecule has 1 aromatic carbocycles. The number of halogens is 1. The SMILES string of the molecule is CC1(CNC(=O)c2cncc(-c3ccc(Cl)cc3)c2)COC1. The maximum atomic E-state index is 12.3. The minimum Gasteiger partial charge on any atom is -0.380 e. The van der Waals surface area contributed by atoms with Gasteiger partial charge in [0.15, 0.2) is 0 Å². The molecule has 2 aromatic rings. The van der Waals surface area contributed by atoms with E-state index in [1.807, 2.05) is 30.3 Å². The summed E-state index contributed by atoms with van der Waals surface area (Å²) in [5, 5.41) is 3.63. The van der Waals surface area contributed by atoms with Crippen LogP contribution in [0.15, 0.2) is 42.7 Å². The van der Waals surface area contributed by atoms with Crippen molar-refractivity contribution >= 4 is 17.5 Å². The third-order valence-corrected chi connectivity index (χ3v) is 4.01. The van der Waals surface area contributed by atoms with E-state index in [-0.39, 0.29) is 11.3 Å². The zero-order chi connectivity index (χ0) is 15.6. The molecular weight excluding hydrogens is 300 g/mol. The van der Waals surface area contributed by atoms with Crippen LogP contribution in [-0.4, -0.2) is 30.6 Å². The van der Waals surface area contributed by atoms with Crippen molar-refractivity contribution in [2.45, 2.75) is 6.92 Å². The van der Waals surface area contributed by atoms with Crippen molar-refractivity contribution in [3.8, 4) is 11.1 Å². The van der Waals surface area contributed by atoms with Crippen LogP contribution in [0.2, 0.25) is 5.02 Å². The maximum absolute atomic E-state index is 12.3. The summed E-state index contributed by atoms with van der Waals surface area (Å²) in [6.45, 7) is 4.09. The smallest absolute Gasteiger partial charge is 0.252 e. The molecule has 4 nitrogen and oxygen atoms in total. The van der Waals surface area contributed by atoms with Gasteiger partial charge in [-0.2, -0.15) is 0 Å². The first-order chi connectivity index (χ1) is 10.6. The second-order valence-corrected chi connectivity index (χ2v) is 6.39. The lowest BCUT2D eigenvalue weighted by molar-refractivity contribution is -0.0978. The molecule has 22 heavy (non-hydrogen) atoms. The van der Waals surface area contributed by atoms with E-state index in [0.717, 1.165) is 11.1 Å². The Morgan fingerprint density at radius 1 is 1.27 bits per heavy atom. The lowest BCUT2D eigenvalue weighted by Crippen LogP contribution is -2.48. The van der Waals surface area contributed by atoms with Crippen molar-refractivity contribution in [3.05, 3.63) is 53.3 Å². The third kappa shape index (κ3) is 3.29. The van der Waals surface area contributed by atoms with Crippen LogP contribution in [0, 0.1) is 5.41 Å². The highest BCUT2D eigenvalue weighted by Crippen LogP contribution is 2.25. The summed E-state index contributed by atoms with van der Waals surface area (Å²) in [5.74, 6) is -0.114. The van der Waals surface area contributed by atoms with Crippen molar-refractivity contribution in [2.24, 2.45) is 5.41 Å². The maximum Gasteiger partial charge on any atom is 0.252 e. The highest BCUT2D eigenvalue weighted by atomic mass is 35.5. The van der Waals surface area contributed by atoms with Gasteiger partial charge in [0, 0.05) is 34.9 Å². The summed E-state index contributed by atoms with van der Waals surface area (Å²) >= 11 is 5.89. The molecule has 1 fully saturated rings. The Labute approximate surface area is 134 Å². The van der Waals surface area contributed by atoms with Crippen molar-refractivity contribution < 1.29 is 9.53 Å². The van der Waals surface area contributed by atoms with Gasteiger partial charge in [-0.25, -0.2) is 0 Å². The van der Waals surface area contributed by atoms with E-state index in [1.54, 1.807) is 12.4 Å². The third-order valence-electron chi connectivity index (χ3n) is 3.75. The fourth-order valence-corrected chi connectivity index (χ4v) is 2.44. The zero-order valence-electron chi connectivity index (χ0n) is 12.3. The van der Waals surface area contributed by atoms with Gasteiger partial charge in [-0.05, 0) is 23.8 Å². The molecule has 1 amide bonds. The van der Waals surface area contributed by atoms with Crippen LogP contribution in [0.4, 0.5) is 0 Å². The number of carbonyl (C=O) groups is 1. The molecule has 0 spiro atoms. The lowest BCUT2D eigenvalue weighted by atomic mass is 9.88. The standard InChI is InChI=1S/C17H17ClN2O2/c1-17(10-22-11-17)9-20-16(21)14-6-13(7-19-8-14)12-2-4-15(18)5-3-12/h2-8H,9-11H2,1H3,(H,20,21). The van der Waals surface area contributed by atoms with Crippen molar-refractivity contribution in [1.82, 2.24) is 10.3 Å². The first-order valence-electron chi connectivity index (χ1n) is 7.13. The number of hydrogen-bond donors (Lipinski definition) is 1. The Bertz CT molecular complexity index is 681. The molecule has 1 saturated heterocycles. The number of nitrogens with zero attached hydrogens (tertiary/aromatic N) is 1. The predicted molar refractivity (Wildman–Crippen MR) is 85.9 cm³/mol. The van der Waals surface area contributed by atoms with E-state index >= 15 is 0 Å². The number of hydrogen-bond acceptors (Lipinski definition) is 3. The highest BCUT2D eigenvalue weighted by Gasteiger charge is 2.33. The topological polar surface area (TPSA) is 51.2 Å². The molecule has 5 heteroatoms. The molecule has 0 aliphatic carbocycles. The Morgan fingerprint density at radius 2 is 2.00 bits per heavy atom. The van der Waals surface area contributed by atoms with Crippen LogP contribution in [0.1, 0.15) is 17.3 Å². The number of aromatic nitrogens is 1. The molecule has 0 atom stereocenters. The Balaban J connectivity index is 1.72. The van der Waals surface area contributed by atoms with E-state index in [1.165, 1.54) is 0 Å². The highest BCUT2D eigenvalue weighted by molar-refractivity contribution is 6.30. The van der Waals surface area contributed by atoms with E-state index in [0.29, 0.717) is 30.3 Å². The van der Waals surface area contributed by atoms with Gasteiger partial charge in [-0.15, -0.1) is 0 Å². The lowest BCUT2D eigenvalue weighted by Gasteiger charge is -2.38. The summed E-state index contributed by atoms with van der Waals surface area (Å²) in [4.78, 5) is 16.4. The first-order valence-corrected chi connectivity index (χ1v) is 7.51. The van der Waals surface area contributed by atoms with E-state index in [2.05, 4.69) is 17.2 Å². The van der Waals surface area contributed by atoms with Crippen LogP contribution in [-0.2, 0) is 4.74 Å². The Morgan fingerprint density at radius 3 is 2.64 bits per heavy atom. The summed E-state index contributed by atoms with van der Waals surface area (Å²) in [7, 11) is 0. The van der Waals surface area contributed by atoms with Crippen LogP contribution in [0.3, 0.4) is 0 Å². The molecule has 114 valence electrons. The van der Waals surface area contributed by atoms with Crippen LogP contribution in [0.5, 0.6) is 0 Å². The summed E-state index contributed by atoms with van der Waals surface area (Å²) in [6.07, 6.45) is 3.31. The number of pyridine rings is 1. The molecule has 2 heterocycles. The van der Waals surface area contributed by atoms with Gasteiger partial charge in [0.25, 0.3) is 5.91 Å². The molecule has 3 rings (SSSR count). The van der Waals surface area contributed by atoms with Gasteiger partial charge in [0.05, 0.1) is 18.8 Å². The quantitative estimate of drug-likeness (QED) is 0.942. The number of amides is 1. The molecule has 0 unspecified atom stereocenters. The molecule has 1 N–H and O–H groups in total. The van der Waals surface area contributed by atoms with Gasteiger partial charge in [-0.3, -0.25) is 9.78 Å². The molecular formula is C17H17ClN2O2. The van der Waals surface area contributed by atoms with Gasteiger partial charge < -0.3 is 10.1 Å². The summed E-state index contributed by atoms with van der Waals surface area (Å²) in [5.41, 5.74) is 2.47. The van der Waals surface area contributed by atoms with E-state index in [9.17, 15) is 4.79 Å². The number of benzene rings is 1. The Kier molecular flexibility index (Phi) is 4.14. The predicted octanol–water partition coefficient (Wildman–Crippen LogP) is 3.17. The number of nitrogens with one attached hydrogen (secondary N) is 1. The molecule has 0 saturated carbocycles. The van der Waals surface area contributed by atoms with Crippen LogP contribution >= 0.6 is 11.6 Å². The fourth-order valence-electron chi connectivity index (χ4n) is 2.31. The van der Waals surface area contributed by atoms with Crippen LogP contribution in [0.25, 0.3) is 11.1 Å². The largest absolute Gasteiger partial charge is 0.380 e. The average molecular weight is 317 g/mol. The van der Waals surface area contributed by atoms with E-state index in [4.69, 9.17) is 16.3 Å². The normalized spacial score (nSPS) is 15.9. The molecule has 1 aromatic heterocycles. The zero-order valence-corrected chi connectivity index (χ0v) is 13.1. The second-order valence-electron chi connectivity index (χ2n) is 5.96. The first kappa shape index (κ1) is 15.0. The van der Waals surface area contributed by atoms with Crippen LogP contribution < -0.4 is 5.32 Å². The van der Waals surface area contributed by atoms with Gasteiger partial charge in [0.1, 0.15) is 0 Å². The van der Waals surface area contributed by atoms with Gasteiger partial charge in [-0.1, -0.05) is 30.7 Å². The monoisotopic (exact) mass is 316 g/mol. The number of rotatable bonds is 4. The van der Waals surface area contributed by atoms with Crippen molar-refractivity contribution in [3.63, 3.8) is 0 Å². The number of ether oxygens (including phenoxy) is 1. The van der Waals surface area contributed by atoms with Gasteiger partial charge >= 0.3 is 0 Å².